The van der Waals surface area contributed by atoms with E-state index in [1.807, 2.05) is 18.7 Å². The van der Waals surface area contributed by atoms with Gasteiger partial charge in [0, 0.05) is 12.6 Å². The number of hydrogen-bond acceptors (Lipinski definition) is 4. The van der Waals surface area contributed by atoms with Crippen LogP contribution in [0.25, 0.3) is 0 Å². The van der Waals surface area contributed by atoms with Crippen molar-refractivity contribution >= 4 is 11.9 Å². The molecule has 0 aromatic carbocycles. The van der Waals surface area contributed by atoms with Gasteiger partial charge >= 0.3 is 5.97 Å². The molecular formula is C12H18N4O3. The largest absolute Gasteiger partial charge is 0.476 e. The van der Waals surface area contributed by atoms with Gasteiger partial charge in [0.1, 0.15) is 6.54 Å². The molecule has 1 aliphatic rings. The maximum absolute atomic E-state index is 12.2. The molecule has 1 amide bonds. The predicted octanol–water partition coefficient (Wildman–Crippen LogP) is 0.550. The van der Waals surface area contributed by atoms with E-state index in [-0.39, 0.29) is 18.1 Å². The molecule has 2 rings (SSSR count). The second kappa shape index (κ2) is 5.38. The number of nitrogens with zero attached hydrogens (tertiary/aromatic N) is 4. The molecule has 0 radical (unpaired) electrons. The third-order valence-electron chi connectivity index (χ3n) is 3.31. The van der Waals surface area contributed by atoms with Crippen LogP contribution in [0.2, 0.25) is 0 Å². The number of carbonyl (C=O) groups is 2. The Bertz CT molecular complexity index is 493. The lowest BCUT2D eigenvalue weighted by molar-refractivity contribution is -0.132. The molecule has 1 aromatic rings. The normalized spacial score (nSPS) is 14.4. The van der Waals surface area contributed by atoms with Gasteiger partial charge < -0.3 is 10.0 Å². The fourth-order valence-electron chi connectivity index (χ4n) is 2.22. The molecule has 19 heavy (non-hydrogen) atoms. The van der Waals surface area contributed by atoms with Gasteiger partial charge in [-0.2, -0.15) is 0 Å². The highest BCUT2D eigenvalue weighted by Crippen LogP contribution is 2.26. The number of carboxylic acids is 1. The van der Waals surface area contributed by atoms with Crippen LogP contribution >= 0.6 is 0 Å². The summed E-state index contributed by atoms with van der Waals surface area (Å²) in [6, 6.07) is 0.352. The number of rotatable bonds is 6. The van der Waals surface area contributed by atoms with Gasteiger partial charge in [-0.05, 0) is 26.2 Å². The highest BCUT2D eigenvalue weighted by molar-refractivity contribution is 5.86. The Morgan fingerprint density at radius 1 is 1.42 bits per heavy atom. The van der Waals surface area contributed by atoms with E-state index in [4.69, 9.17) is 5.11 Å². The topological polar surface area (TPSA) is 88.3 Å². The molecule has 7 heteroatoms. The Labute approximate surface area is 111 Å². The lowest BCUT2D eigenvalue weighted by atomic mass is 10.2. The van der Waals surface area contributed by atoms with Gasteiger partial charge in [-0.3, -0.25) is 4.79 Å². The fourth-order valence-corrected chi connectivity index (χ4v) is 2.22. The fraction of sp³-hybridized carbons (Fsp3) is 0.667. The first kappa shape index (κ1) is 13.5. The summed E-state index contributed by atoms with van der Waals surface area (Å²) in [5.74, 6) is -1.13. The van der Waals surface area contributed by atoms with E-state index in [2.05, 4.69) is 10.3 Å². The summed E-state index contributed by atoms with van der Waals surface area (Å²) in [6.07, 6.45) is 2.59. The highest BCUT2D eigenvalue weighted by Gasteiger charge is 2.32. The van der Waals surface area contributed by atoms with Crippen LogP contribution in [0.4, 0.5) is 0 Å². The summed E-state index contributed by atoms with van der Waals surface area (Å²) in [5.41, 5.74) is 0.428. The third kappa shape index (κ3) is 2.74. The average molecular weight is 266 g/mol. The van der Waals surface area contributed by atoms with Gasteiger partial charge in [0.2, 0.25) is 5.91 Å². The summed E-state index contributed by atoms with van der Waals surface area (Å²) in [7, 11) is 0. The van der Waals surface area contributed by atoms with Gasteiger partial charge in [-0.1, -0.05) is 12.1 Å². The van der Waals surface area contributed by atoms with E-state index in [0.29, 0.717) is 24.7 Å². The monoisotopic (exact) mass is 266 g/mol. The van der Waals surface area contributed by atoms with Gasteiger partial charge in [0.25, 0.3) is 0 Å². The van der Waals surface area contributed by atoms with E-state index < -0.39 is 5.97 Å². The molecule has 1 aromatic heterocycles. The van der Waals surface area contributed by atoms with E-state index in [0.717, 1.165) is 12.8 Å². The zero-order chi connectivity index (χ0) is 14.0. The first-order valence-electron chi connectivity index (χ1n) is 6.53. The maximum Gasteiger partial charge on any atom is 0.358 e. The number of likely N-dealkylation sites (N-methyl/N-ethyl adjacent to an activating group) is 1. The van der Waals surface area contributed by atoms with Crippen molar-refractivity contribution in [2.45, 2.75) is 45.7 Å². The van der Waals surface area contributed by atoms with Crippen molar-refractivity contribution in [2.24, 2.45) is 0 Å². The molecule has 0 bridgehead atoms. The summed E-state index contributed by atoms with van der Waals surface area (Å²) in [6.45, 7) is 4.50. The minimum atomic E-state index is -1.11. The van der Waals surface area contributed by atoms with Crippen molar-refractivity contribution in [3.8, 4) is 0 Å². The van der Waals surface area contributed by atoms with Gasteiger partial charge in [-0.15, -0.1) is 5.10 Å². The first-order chi connectivity index (χ1) is 9.08. The van der Waals surface area contributed by atoms with Gasteiger partial charge in [0.05, 0.1) is 5.69 Å². The van der Waals surface area contributed by atoms with Crippen LogP contribution in [0.3, 0.4) is 0 Å². The van der Waals surface area contributed by atoms with E-state index in [1.165, 1.54) is 4.68 Å². The van der Waals surface area contributed by atoms with Crippen LogP contribution in [0, 0.1) is 0 Å². The van der Waals surface area contributed by atoms with Crippen molar-refractivity contribution in [2.75, 3.05) is 6.54 Å². The second-order valence-electron chi connectivity index (χ2n) is 4.61. The third-order valence-corrected chi connectivity index (χ3v) is 3.31. The zero-order valence-corrected chi connectivity index (χ0v) is 11.2. The van der Waals surface area contributed by atoms with Crippen LogP contribution in [-0.2, 0) is 17.8 Å². The first-order valence-corrected chi connectivity index (χ1v) is 6.53. The molecule has 104 valence electrons. The number of carboxylic acid groups (broad SMARTS) is 1. The molecule has 0 spiro atoms. The van der Waals surface area contributed by atoms with Crippen LogP contribution in [0.5, 0.6) is 0 Å². The minimum absolute atomic E-state index is 0.0264. The number of carbonyl (C=O) groups excluding carboxylic acids is 1. The maximum atomic E-state index is 12.2. The van der Waals surface area contributed by atoms with E-state index in [9.17, 15) is 9.59 Å². The quantitative estimate of drug-likeness (QED) is 0.812. The lowest BCUT2D eigenvalue weighted by Gasteiger charge is -2.20. The SMILES string of the molecule is CCc1c(C(=O)O)nnn1CC(=O)N(CC)C1CC1. The zero-order valence-electron chi connectivity index (χ0n) is 11.2. The Hall–Kier alpha value is -1.92. The molecule has 1 N–H and O–H groups in total. The van der Waals surface area contributed by atoms with Crippen LogP contribution < -0.4 is 0 Å². The van der Waals surface area contributed by atoms with Crippen LogP contribution in [0.1, 0.15) is 42.9 Å². The van der Waals surface area contributed by atoms with E-state index in [1.54, 1.807) is 0 Å². The molecule has 0 saturated heterocycles. The van der Waals surface area contributed by atoms with Crippen molar-refractivity contribution in [1.82, 2.24) is 19.9 Å². The molecule has 1 heterocycles. The smallest absolute Gasteiger partial charge is 0.358 e. The Balaban J connectivity index is 2.14. The van der Waals surface area contributed by atoms with Gasteiger partial charge in [0.15, 0.2) is 5.69 Å². The molecule has 1 aliphatic carbocycles. The van der Waals surface area contributed by atoms with Crippen molar-refractivity contribution < 1.29 is 14.7 Å². The Kier molecular flexibility index (Phi) is 3.82. The van der Waals surface area contributed by atoms with Crippen LogP contribution in [0.15, 0.2) is 0 Å². The molecule has 7 nitrogen and oxygen atoms in total. The molecule has 1 fully saturated rings. The number of aromatic nitrogens is 3. The average Bonchev–Trinajstić information content (AvgIpc) is 3.10. The number of amides is 1. The summed E-state index contributed by atoms with van der Waals surface area (Å²) in [5, 5.41) is 16.4. The molecule has 0 unspecified atom stereocenters. The Morgan fingerprint density at radius 2 is 2.11 bits per heavy atom. The highest BCUT2D eigenvalue weighted by atomic mass is 16.4. The summed E-state index contributed by atoms with van der Waals surface area (Å²) < 4.78 is 1.40. The number of aromatic carboxylic acids is 1. The molecular weight excluding hydrogens is 248 g/mol. The van der Waals surface area contributed by atoms with Crippen LogP contribution in [-0.4, -0.2) is 49.5 Å². The van der Waals surface area contributed by atoms with Crippen molar-refractivity contribution in [3.05, 3.63) is 11.4 Å². The second-order valence-corrected chi connectivity index (χ2v) is 4.61. The molecule has 1 saturated carbocycles. The molecule has 0 atom stereocenters. The summed E-state index contributed by atoms with van der Waals surface area (Å²) >= 11 is 0. The predicted molar refractivity (Wildman–Crippen MR) is 66.8 cm³/mol. The summed E-state index contributed by atoms with van der Waals surface area (Å²) in [4.78, 5) is 25.0. The van der Waals surface area contributed by atoms with Gasteiger partial charge in [-0.25, -0.2) is 9.48 Å². The number of hydrogen-bond donors (Lipinski definition) is 1. The van der Waals surface area contributed by atoms with Crippen molar-refractivity contribution in [1.29, 1.82) is 0 Å². The standard InChI is InChI=1S/C12H18N4O3/c1-3-9-11(12(18)19)13-14-16(9)7-10(17)15(4-2)8-5-6-8/h8H,3-7H2,1-2H3,(H,18,19). The molecule has 0 aliphatic heterocycles. The van der Waals surface area contributed by atoms with E-state index >= 15 is 0 Å². The lowest BCUT2D eigenvalue weighted by Crippen LogP contribution is -2.36. The van der Waals surface area contributed by atoms with Crippen molar-refractivity contribution in [3.63, 3.8) is 0 Å². The minimum Gasteiger partial charge on any atom is -0.476 e. The Morgan fingerprint density at radius 3 is 2.58 bits per heavy atom.